The minimum atomic E-state index is -0.282. The molecule has 4 heteroatoms. The zero-order valence-electron chi connectivity index (χ0n) is 36.0. The van der Waals surface area contributed by atoms with Crippen molar-refractivity contribution >= 4 is 57.2 Å². The SMILES string of the molecule is Cc1cc2c3c(c1)N(c1ccc(C(C)(C)c4ccccc4)cc1C#N)c1cc(C(C)(C)C)ccc1B3c1cc(C(C)(C)C)ccc1N2c1ccc(C(C)(C)C)cc1. The van der Waals surface area contributed by atoms with Crippen LogP contribution in [0, 0.1) is 18.3 Å². The van der Waals surface area contributed by atoms with Gasteiger partial charge in [-0.3, -0.25) is 0 Å². The van der Waals surface area contributed by atoms with Crippen molar-refractivity contribution in [1.82, 2.24) is 0 Å². The van der Waals surface area contributed by atoms with Crippen molar-refractivity contribution in [2.75, 3.05) is 9.80 Å². The number of benzene rings is 6. The fraction of sp³-hybridized carbons (Fsp3) is 0.302. The van der Waals surface area contributed by atoms with E-state index in [-0.39, 0.29) is 28.4 Å². The number of fused-ring (bicyclic) bond motifs is 4. The minimum absolute atomic E-state index is 0.0000830. The lowest BCUT2D eigenvalue weighted by atomic mass is 9.33. The van der Waals surface area contributed by atoms with E-state index < -0.39 is 0 Å². The van der Waals surface area contributed by atoms with Gasteiger partial charge in [0, 0.05) is 33.9 Å². The van der Waals surface area contributed by atoms with Crippen molar-refractivity contribution in [3.63, 3.8) is 0 Å². The second-order valence-electron chi connectivity index (χ2n) is 20.0. The number of nitriles is 1. The Morgan fingerprint density at radius 2 is 1.00 bits per heavy atom. The van der Waals surface area contributed by atoms with Gasteiger partial charge in [-0.1, -0.05) is 149 Å². The van der Waals surface area contributed by atoms with E-state index in [0.717, 1.165) is 28.3 Å². The highest BCUT2D eigenvalue weighted by molar-refractivity contribution is 7.00. The number of rotatable bonds is 4. The van der Waals surface area contributed by atoms with Crippen LogP contribution in [0.15, 0.2) is 121 Å². The van der Waals surface area contributed by atoms with Gasteiger partial charge in [0.2, 0.25) is 0 Å². The molecule has 3 nitrogen and oxygen atoms in total. The van der Waals surface area contributed by atoms with E-state index in [1.165, 1.54) is 55.6 Å². The Morgan fingerprint density at radius 3 is 1.61 bits per heavy atom. The molecular weight excluding hydrogens is 689 g/mol. The largest absolute Gasteiger partial charge is 0.311 e. The molecule has 286 valence electrons. The number of anilines is 6. The van der Waals surface area contributed by atoms with Crippen molar-refractivity contribution < 1.29 is 0 Å². The lowest BCUT2D eigenvalue weighted by molar-refractivity contribution is 0.590. The van der Waals surface area contributed by atoms with Gasteiger partial charge in [-0.15, -0.1) is 0 Å². The van der Waals surface area contributed by atoms with Gasteiger partial charge in [-0.2, -0.15) is 5.26 Å². The lowest BCUT2D eigenvalue weighted by Crippen LogP contribution is -2.61. The highest BCUT2D eigenvalue weighted by Crippen LogP contribution is 2.47. The molecule has 0 amide bonds. The van der Waals surface area contributed by atoms with Crippen LogP contribution in [0.4, 0.5) is 34.1 Å². The van der Waals surface area contributed by atoms with E-state index in [2.05, 4.69) is 220 Å². The van der Waals surface area contributed by atoms with Gasteiger partial charge < -0.3 is 9.80 Å². The summed E-state index contributed by atoms with van der Waals surface area (Å²) in [6.07, 6.45) is 0. The van der Waals surface area contributed by atoms with Crippen molar-refractivity contribution in [3.05, 3.63) is 160 Å². The van der Waals surface area contributed by atoms with E-state index in [0.29, 0.717) is 5.56 Å². The maximum absolute atomic E-state index is 11.0. The highest BCUT2D eigenvalue weighted by Gasteiger charge is 2.44. The van der Waals surface area contributed by atoms with Crippen molar-refractivity contribution in [3.8, 4) is 6.07 Å². The Balaban J connectivity index is 1.43. The number of nitrogens with zero attached hydrogens (tertiary/aromatic N) is 3. The normalized spacial score (nSPS) is 13.8. The Morgan fingerprint density at radius 1 is 0.456 bits per heavy atom. The molecule has 2 aliphatic rings. The van der Waals surface area contributed by atoms with Crippen LogP contribution in [0.3, 0.4) is 0 Å². The van der Waals surface area contributed by atoms with Crippen molar-refractivity contribution in [2.24, 2.45) is 0 Å². The van der Waals surface area contributed by atoms with Crippen molar-refractivity contribution in [2.45, 2.75) is 105 Å². The maximum Gasteiger partial charge on any atom is 0.252 e. The fourth-order valence-corrected chi connectivity index (χ4v) is 8.95. The number of hydrogen-bond acceptors (Lipinski definition) is 3. The average molecular weight is 746 g/mol. The summed E-state index contributed by atoms with van der Waals surface area (Å²) in [5, 5.41) is 11.0. The molecule has 2 aliphatic heterocycles. The predicted octanol–water partition coefficient (Wildman–Crippen LogP) is 12.2. The van der Waals surface area contributed by atoms with E-state index >= 15 is 0 Å². The topological polar surface area (TPSA) is 30.3 Å². The lowest BCUT2D eigenvalue weighted by Gasteiger charge is -2.45. The van der Waals surface area contributed by atoms with Crippen LogP contribution in [0.1, 0.15) is 115 Å². The molecular formula is C53H56BN3. The van der Waals surface area contributed by atoms with E-state index in [4.69, 9.17) is 0 Å². The van der Waals surface area contributed by atoms with Crippen LogP contribution in [0.5, 0.6) is 0 Å². The Kier molecular flexibility index (Phi) is 8.93. The van der Waals surface area contributed by atoms with Crippen LogP contribution in [0.25, 0.3) is 0 Å². The standard InChI is InChI=1S/C53H56BN3/c1-34-28-47-49-48(29-34)57(44-26-22-40(30-35(44)33-55)53(11,12)37-16-14-13-15-17-37)46-32-39(52(8,9)10)20-25-42(46)54(49)43-31-38(51(5,6)7)21-27-45(43)56(47)41-23-18-36(19-24-41)50(2,3)4/h13-32H,1-12H3. The Hall–Kier alpha value is -5.53. The third-order valence-corrected chi connectivity index (χ3v) is 12.5. The average Bonchev–Trinajstić information content (AvgIpc) is 3.16. The van der Waals surface area contributed by atoms with Crippen LogP contribution < -0.4 is 26.2 Å². The second-order valence-corrected chi connectivity index (χ2v) is 20.0. The maximum atomic E-state index is 11.0. The monoisotopic (exact) mass is 745 g/mol. The molecule has 0 fully saturated rings. The predicted molar refractivity (Wildman–Crippen MR) is 245 cm³/mol. The molecule has 0 atom stereocenters. The molecule has 0 spiro atoms. The van der Waals surface area contributed by atoms with E-state index in [9.17, 15) is 5.26 Å². The van der Waals surface area contributed by atoms with Gasteiger partial charge in [-0.05, 0) is 121 Å². The summed E-state index contributed by atoms with van der Waals surface area (Å²) in [5.41, 5.74) is 18.3. The quantitative estimate of drug-likeness (QED) is 0.168. The smallest absolute Gasteiger partial charge is 0.252 e. The molecule has 0 unspecified atom stereocenters. The van der Waals surface area contributed by atoms with E-state index in [1.54, 1.807) is 0 Å². The first-order valence-corrected chi connectivity index (χ1v) is 20.5. The first-order chi connectivity index (χ1) is 26.8. The van der Waals surface area contributed by atoms with Crippen LogP contribution in [-0.4, -0.2) is 6.71 Å². The summed E-state index contributed by atoms with van der Waals surface area (Å²) >= 11 is 0. The van der Waals surface area contributed by atoms with Crippen LogP contribution in [0.2, 0.25) is 0 Å². The molecule has 0 N–H and O–H groups in total. The molecule has 0 aliphatic carbocycles. The zero-order chi connectivity index (χ0) is 40.8. The third kappa shape index (κ3) is 6.46. The molecule has 0 saturated carbocycles. The number of hydrogen-bond donors (Lipinski definition) is 0. The molecule has 57 heavy (non-hydrogen) atoms. The molecule has 6 aromatic rings. The van der Waals surface area contributed by atoms with Gasteiger partial charge in [0.25, 0.3) is 6.71 Å². The molecule has 8 rings (SSSR count). The van der Waals surface area contributed by atoms with Gasteiger partial charge in [0.1, 0.15) is 6.07 Å². The highest BCUT2D eigenvalue weighted by atomic mass is 15.2. The first-order valence-electron chi connectivity index (χ1n) is 20.5. The zero-order valence-corrected chi connectivity index (χ0v) is 36.0. The van der Waals surface area contributed by atoms with Crippen LogP contribution in [-0.2, 0) is 21.7 Å². The Labute approximate surface area is 342 Å². The molecule has 2 heterocycles. The molecule has 0 radical (unpaired) electrons. The molecule has 0 bridgehead atoms. The fourth-order valence-electron chi connectivity index (χ4n) is 8.95. The van der Waals surface area contributed by atoms with Crippen LogP contribution >= 0.6 is 0 Å². The summed E-state index contributed by atoms with van der Waals surface area (Å²) in [6, 6.07) is 48.0. The summed E-state index contributed by atoms with van der Waals surface area (Å²) in [7, 11) is 0. The molecule has 6 aromatic carbocycles. The summed E-state index contributed by atoms with van der Waals surface area (Å²) in [5.74, 6) is 0. The summed E-state index contributed by atoms with van der Waals surface area (Å²) in [6.45, 7) is 27.3. The number of aryl methyl sites for hydroxylation is 1. The van der Waals surface area contributed by atoms with Gasteiger partial charge in [0.05, 0.1) is 11.3 Å². The molecule has 0 saturated heterocycles. The van der Waals surface area contributed by atoms with Gasteiger partial charge in [0.15, 0.2) is 0 Å². The third-order valence-electron chi connectivity index (χ3n) is 12.5. The summed E-state index contributed by atoms with van der Waals surface area (Å²) < 4.78 is 0. The second kappa shape index (κ2) is 13.3. The minimum Gasteiger partial charge on any atom is -0.311 e. The Bertz CT molecular complexity index is 2570. The van der Waals surface area contributed by atoms with Gasteiger partial charge in [-0.25, -0.2) is 0 Å². The summed E-state index contributed by atoms with van der Waals surface area (Å²) in [4.78, 5) is 4.89. The van der Waals surface area contributed by atoms with E-state index in [1.807, 2.05) is 0 Å². The van der Waals surface area contributed by atoms with Gasteiger partial charge >= 0.3 is 0 Å². The van der Waals surface area contributed by atoms with Crippen molar-refractivity contribution in [1.29, 1.82) is 5.26 Å². The molecule has 0 aromatic heterocycles. The first kappa shape index (κ1) is 38.4.